The second-order valence-corrected chi connectivity index (χ2v) is 18.3. The van der Waals surface area contributed by atoms with Crippen molar-refractivity contribution in [1.29, 1.82) is 0 Å². The van der Waals surface area contributed by atoms with Crippen LogP contribution in [0.25, 0.3) is 22.3 Å². The van der Waals surface area contributed by atoms with E-state index in [4.69, 9.17) is 47.2 Å². The van der Waals surface area contributed by atoms with Gasteiger partial charge in [-0.15, -0.1) is 0 Å². The summed E-state index contributed by atoms with van der Waals surface area (Å²) in [4.78, 5) is 84.9. The monoisotopic (exact) mass is 1060 g/mol. The van der Waals surface area contributed by atoms with Crippen molar-refractivity contribution in [3.63, 3.8) is 0 Å². The van der Waals surface area contributed by atoms with E-state index in [2.05, 4.69) is 46.2 Å². The van der Waals surface area contributed by atoms with Crippen LogP contribution in [0.5, 0.6) is 0 Å². The number of anilines is 6. The first-order valence-electron chi connectivity index (χ1n) is 24.3. The van der Waals surface area contributed by atoms with Gasteiger partial charge in [0.05, 0.1) is 87.6 Å². The molecular weight excluding hydrogens is 992 g/mol. The van der Waals surface area contributed by atoms with Crippen molar-refractivity contribution in [2.75, 3.05) is 100 Å². The van der Waals surface area contributed by atoms with Crippen molar-refractivity contribution in [3.05, 3.63) is 76.8 Å². The molecule has 4 aromatic heterocycles. The maximum absolute atomic E-state index is 13.0. The molecule has 0 aliphatic rings. The molecule has 402 valence electrons. The minimum absolute atomic E-state index is 0.00189. The van der Waals surface area contributed by atoms with Crippen molar-refractivity contribution in [1.82, 2.24) is 55.4 Å². The van der Waals surface area contributed by atoms with Crippen molar-refractivity contribution >= 4 is 92.5 Å². The fourth-order valence-corrected chi connectivity index (χ4v) is 7.71. The van der Waals surface area contributed by atoms with Gasteiger partial charge in [-0.05, 0) is 68.7 Å². The Hall–Kier alpha value is -7.58. The van der Waals surface area contributed by atoms with E-state index in [1.54, 1.807) is 55.0 Å². The summed E-state index contributed by atoms with van der Waals surface area (Å²) in [5, 5.41) is 31.2. The van der Waals surface area contributed by atoms with Gasteiger partial charge in [0.15, 0.2) is 34.0 Å². The summed E-state index contributed by atoms with van der Waals surface area (Å²) in [6.07, 6.45) is 3.02. The van der Waals surface area contributed by atoms with Gasteiger partial charge in [-0.25, -0.2) is 19.7 Å². The first-order chi connectivity index (χ1) is 35.9. The molecule has 0 aliphatic heterocycles. The van der Waals surface area contributed by atoms with Gasteiger partial charge >= 0.3 is 5.97 Å². The van der Waals surface area contributed by atoms with Crippen molar-refractivity contribution < 1.29 is 43.6 Å². The number of imidazole rings is 1. The molecule has 26 heteroatoms. The molecule has 0 saturated heterocycles. The Kier molecular flexibility index (Phi) is 20.5. The number of nitrogen functional groups attached to an aromatic ring is 2. The van der Waals surface area contributed by atoms with Crippen LogP contribution in [0.2, 0.25) is 5.02 Å². The van der Waals surface area contributed by atoms with Crippen molar-refractivity contribution in [2.45, 2.75) is 65.2 Å². The predicted molar refractivity (Wildman–Crippen MR) is 283 cm³/mol. The lowest BCUT2D eigenvalue weighted by Crippen LogP contribution is -2.41. The number of amides is 3. The third-order valence-corrected chi connectivity index (χ3v) is 12.1. The number of benzene rings is 2. The van der Waals surface area contributed by atoms with Crippen LogP contribution in [-0.4, -0.2) is 159 Å². The Bertz CT molecular complexity index is 2910. The number of rotatable bonds is 29. The lowest BCUT2D eigenvalue weighted by molar-refractivity contribution is -0.139. The number of carbonyl (C=O) groups is 4. The molecule has 0 radical (unpaired) electrons. The SMILES string of the molecule is CC(C)C(CO)Nc1nc(N(C)c2ccc(C(=O)NCCOCCOCCOCCNC(=O)CCC(NC(=O)c3ccc(N(C)Cc4cnc5nc(N)nc(N)c5n4)cc3)C(=O)O)c(Cl)c2)c2ncn(C(C)C)c2n1. The van der Waals surface area contributed by atoms with Crippen LogP contribution in [0.1, 0.15) is 73.0 Å². The standard InChI is InChI=1S/C49H65ClN16O9/c1-28(2)37(26-67)59-49-62-43(40-44(63-49)66(27-56-40)29(3)4)65(6)33-11-12-34(35(50)23-33)46(70)54-16-18-74-20-22-75-21-19-73-17-15-53-38(68)14-13-36(47(71)72)58-45(69)30-7-9-32(10-8-30)64(5)25-31-24-55-42-39(57-31)41(51)60-48(52)61-42/h7-12,23-24,27-29,36-37,67H,13-22,25-26H2,1-6H3,(H,53,68)(H,54,70)(H,58,69)(H,71,72)(H,59,62,63)(H4,51,52,55,60,61). The number of nitrogens with zero attached hydrogens (tertiary/aromatic N) is 10. The molecule has 0 spiro atoms. The number of ether oxygens (including phenoxy) is 3. The molecule has 2 aromatic carbocycles. The van der Waals surface area contributed by atoms with Crippen LogP contribution in [0.3, 0.4) is 0 Å². The Morgan fingerprint density at radius 1 is 0.800 bits per heavy atom. The highest BCUT2D eigenvalue weighted by atomic mass is 35.5. The smallest absolute Gasteiger partial charge is 0.326 e. The zero-order valence-electron chi connectivity index (χ0n) is 42.7. The highest BCUT2D eigenvalue weighted by Gasteiger charge is 2.24. The Morgan fingerprint density at radius 3 is 2.11 bits per heavy atom. The summed E-state index contributed by atoms with van der Waals surface area (Å²) in [6, 6.07) is 10.2. The maximum atomic E-state index is 13.0. The molecule has 10 N–H and O–H groups in total. The number of aromatic nitrogens is 8. The van der Waals surface area contributed by atoms with E-state index < -0.39 is 23.8 Å². The summed E-state index contributed by atoms with van der Waals surface area (Å²) in [5.41, 5.74) is 15.9. The van der Waals surface area contributed by atoms with Gasteiger partial charge in [-0.1, -0.05) is 25.4 Å². The van der Waals surface area contributed by atoms with Gasteiger partial charge in [-0.2, -0.15) is 19.9 Å². The molecule has 3 amide bonds. The summed E-state index contributed by atoms with van der Waals surface area (Å²) in [5.74, 6) is -1.51. The summed E-state index contributed by atoms with van der Waals surface area (Å²) < 4.78 is 18.6. The average molecular weight is 1060 g/mol. The Morgan fingerprint density at radius 2 is 1.47 bits per heavy atom. The largest absolute Gasteiger partial charge is 0.480 e. The predicted octanol–water partition coefficient (Wildman–Crippen LogP) is 3.35. The van der Waals surface area contributed by atoms with Crippen LogP contribution in [-0.2, 0) is 30.3 Å². The highest BCUT2D eigenvalue weighted by Crippen LogP contribution is 2.33. The topological polar surface area (TPSA) is 338 Å². The molecule has 2 unspecified atom stereocenters. The number of aliphatic hydroxyl groups is 1. The minimum atomic E-state index is -1.29. The second-order valence-electron chi connectivity index (χ2n) is 17.9. The summed E-state index contributed by atoms with van der Waals surface area (Å²) in [7, 11) is 3.65. The number of nitrogens with one attached hydrogen (secondary N) is 4. The fraction of sp³-hybridized carbons (Fsp3) is 0.449. The first-order valence-corrected chi connectivity index (χ1v) is 24.6. The van der Waals surface area contributed by atoms with Gasteiger partial charge in [0.25, 0.3) is 11.8 Å². The third-order valence-electron chi connectivity index (χ3n) is 11.8. The summed E-state index contributed by atoms with van der Waals surface area (Å²) in [6.45, 7) is 10.3. The highest BCUT2D eigenvalue weighted by molar-refractivity contribution is 6.34. The number of halogens is 1. The van der Waals surface area contributed by atoms with E-state index in [1.165, 1.54) is 0 Å². The third kappa shape index (κ3) is 15.7. The van der Waals surface area contributed by atoms with Gasteiger partial charge in [-0.3, -0.25) is 14.4 Å². The van der Waals surface area contributed by atoms with Gasteiger partial charge in [0.2, 0.25) is 17.8 Å². The van der Waals surface area contributed by atoms with Crippen LogP contribution < -0.4 is 42.5 Å². The minimum Gasteiger partial charge on any atom is -0.480 e. The zero-order valence-corrected chi connectivity index (χ0v) is 43.5. The molecule has 0 fully saturated rings. The quantitative estimate of drug-likeness (QED) is 0.0312. The molecule has 4 heterocycles. The number of carboxylic acids is 1. The van der Waals surface area contributed by atoms with Gasteiger partial charge < -0.3 is 71.5 Å². The number of aliphatic carboxylic acids is 1. The van der Waals surface area contributed by atoms with E-state index in [0.29, 0.717) is 58.5 Å². The molecule has 0 bridgehead atoms. The first kappa shape index (κ1) is 56.7. The van der Waals surface area contributed by atoms with E-state index in [0.717, 1.165) is 5.69 Å². The molecular formula is C49H65ClN16O9. The fourth-order valence-electron chi connectivity index (χ4n) is 7.45. The number of carboxylic acid groups (broad SMARTS) is 1. The molecule has 6 rings (SSSR count). The number of aliphatic hydroxyl groups excluding tert-OH is 1. The van der Waals surface area contributed by atoms with Gasteiger partial charge in [0, 0.05) is 56.6 Å². The maximum Gasteiger partial charge on any atom is 0.326 e. The summed E-state index contributed by atoms with van der Waals surface area (Å²) >= 11 is 6.64. The molecule has 0 aliphatic carbocycles. The average Bonchev–Trinajstić information content (AvgIpc) is 3.82. The molecule has 25 nitrogen and oxygen atoms in total. The van der Waals surface area contributed by atoms with Crippen molar-refractivity contribution in [2.24, 2.45) is 5.92 Å². The lowest BCUT2D eigenvalue weighted by atomic mass is 10.1. The molecule has 0 saturated carbocycles. The van der Waals surface area contributed by atoms with Gasteiger partial charge in [0.1, 0.15) is 6.04 Å². The Labute approximate surface area is 438 Å². The van der Waals surface area contributed by atoms with E-state index in [9.17, 15) is 29.4 Å². The number of hydrogen-bond donors (Lipinski definition) is 8. The van der Waals surface area contributed by atoms with E-state index in [-0.39, 0.29) is 117 Å². The second kappa shape index (κ2) is 27.1. The van der Waals surface area contributed by atoms with Crippen LogP contribution >= 0.6 is 11.6 Å². The molecule has 6 aromatic rings. The molecule has 75 heavy (non-hydrogen) atoms. The van der Waals surface area contributed by atoms with E-state index in [1.807, 2.05) is 56.2 Å². The Balaban J connectivity index is 0.814. The van der Waals surface area contributed by atoms with Crippen LogP contribution in [0.15, 0.2) is 55.0 Å². The van der Waals surface area contributed by atoms with Crippen LogP contribution in [0, 0.1) is 5.92 Å². The normalized spacial score (nSPS) is 12.2. The van der Waals surface area contributed by atoms with E-state index >= 15 is 0 Å². The number of hydrogen-bond acceptors (Lipinski definition) is 20. The molecule has 2 atom stereocenters. The van der Waals surface area contributed by atoms with Crippen LogP contribution in [0.4, 0.5) is 34.9 Å². The van der Waals surface area contributed by atoms with Crippen molar-refractivity contribution in [3.8, 4) is 0 Å². The number of fused-ring (bicyclic) bond motifs is 2. The zero-order chi connectivity index (χ0) is 54.2. The number of nitrogens with two attached hydrogens (primary N) is 2. The number of carbonyl (C=O) groups excluding carboxylic acids is 3. The lowest BCUT2D eigenvalue weighted by Gasteiger charge is -2.23.